The van der Waals surface area contributed by atoms with Crippen LogP contribution in [-0.2, 0) is 17.5 Å². The quantitative estimate of drug-likeness (QED) is 0.301. The van der Waals surface area contributed by atoms with Crippen molar-refractivity contribution in [2.45, 2.75) is 32.5 Å². The second kappa shape index (κ2) is 12.2. The van der Waals surface area contributed by atoms with Crippen LogP contribution in [0.25, 0.3) is 0 Å². The fourth-order valence-corrected chi connectivity index (χ4v) is 3.27. The maximum Gasteiger partial charge on any atom is 0.416 e. The van der Waals surface area contributed by atoms with Gasteiger partial charge in [-0.2, -0.15) is 13.2 Å². The summed E-state index contributed by atoms with van der Waals surface area (Å²) in [7, 11) is 3.29. The molecule has 0 aliphatic carbocycles. The van der Waals surface area contributed by atoms with E-state index < -0.39 is 11.7 Å². The fourth-order valence-electron chi connectivity index (χ4n) is 2.45. The van der Waals surface area contributed by atoms with Crippen LogP contribution in [0.2, 0.25) is 0 Å². The molecule has 0 bridgehead atoms. The molecule has 0 spiro atoms. The topological polar surface area (TPSA) is 69.6 Å². The van der Waals surface area contributed by atoms with Crippen molar-refractivity contribution in [2.24, 2.45) is 4.99 Å². The maximum atomic E-state index is 12.9. The van der Waals surface area contributed by atoms with E-state index in [4.69, 9.17) is 0 Å². The summed E-state index contributed by atoms with van der Waals surface area (Å²) in [5.41, 5.74) is -0.290. The molecule has 11 heteroatoms. The first kappa shape index (κ1) is 27.1. The van der Waals surface area contributed by atoms with E-state index in [0.717, 1.165) is 22.0 Å². The summed E-state index contributed by atoms with van der Waals surface area (Å²) in [5, 5.41) is 7.06. The van der Waals surface area contributed by atoms with Gasteiger partial charge >= 0.3 is 6.18 Å². The summed E-state index contributed by atoms with van der Waals surface area (Å²) >= 11 is 1.61. The Morgan fingerprint density at radius 2 is 2.00 bits per heavy atom. The van der Waals surface area contributed by atoms with E-state index in [9.17, 15) is 18.0 Å². The number of guanidine groups is 1. The van der Waals surface area contributed by atoms with Crippen LogP contribution in [0.4, 0.5) is 13.2 Å². The Morgan fingerprint density at radius 1 is 1.29 bits per heavy atom. The number of benzene rings is 1. The number of carbonyl (C=O) groups excluding carboxylic acids is 1. The molecule has 0 fully saturated rings. The van der Waals surface area contributed by atoms with Crippen LogP contribution in [0.3, 0.4) is 0 Å². The highest BCUT2D eigenvalue weighted by Crippen LogP contribution is 2.29. The summed E-state index contributed by atoms with van der Waals surface area (Å²) in [6, 6.07) is 5.05. The molecule has 31 heavy (non-hydrogen) atoms. The van der Waals surface area contributed by atoms with E-state index >= 15 is 0 Å². The van der Waals surface area contributed by atoms with Gasteiger partial charge in [-0.1, -0.05) is 19.1 Å². The summed E-state index contributed by atoms with van der Waals surface area (Å²) in [5.74, 6) is 0.309. The molecule has 0 radical (unpaired) electrons. The van der Waals surface area contributed by atoms with Crippen molar-refractivity contribution < 1.29 is 18.0 Å². The van der Waals surface area contributed by atoms with Gasteiger partial charge in [-0.3, -0.25) is 4.79 Å². The number of aliphatic imine (C=N–C) groups is 1. The Hall–Kier alpha value is -1.89. The van der Waals surface area contributed by atoms with Crippen LogP contribution >= 0.6 is 35.3 Å². The Kier molecular flexibility index (Phi) is 10.7. The van der Waals surface area contributed by atoms with Crippen LogP contribution in [0.1, 0.15) is 33.9 Å². The zero-order valence-electron chi connectivity index (χ0n) is 17.8. The Bertz CT molecular complexity index is 886. The van der Waals surface area contributed by atoms with Crippen molar-refractivity contribution in [3.63, 3.8) is 0 Å². The maximum absolute atomic E-state index is 12.9. The Morgan fingerprint density at radius 3 is 2.58 bits per heavy atom. The van der Waals surface area contributed by atoms with Crippen molar-refractivity contribution in [2.75, 3.05) is 27.2 Å². The number of thiazole rings is 1. The number of rotatable bonds is 7. The van der Waals surface area contributed by atoms with Gasteiger partial charge in [0.15, 0.2) is 5.96 Å². The molecule has 0 saturated heterocycles. The molecule has 0 saturated carbocycles. The number of hydrogen-bond acceptors (Lipinski definition) is 4. The number of nitrogens with zero attached hydrogens (tertiary/aromatic N) is 3. The van der Waals surface area contributed by atoms with Gasteiger partial charge in [-0.05, 0) is 24.6 Å². The van der Waals surface area contributed by atoms with Crippen LogP contribution in [-0.4, -0.2) is 48.9 Å². The number of carbonyl (C=O) groups is 1. The van der Waals surface area contributed by atoms with E-state index in [-0.39, 0.29) is 48.9 Å². The molecule has 1 atom stereocenters. The standard InChI is InChI=1S/C20H26F3N5OS.HI/c1-13(18-24-10-14(2)30-18)9-25-19(27-12-17(29)28(3)4)26-11-15-6-5-7-16(8-15)20(21,22)23;/h5-8,10,13H,9,11-12H2,1-4H3,(H2,25,26,27);1H. The average molecular weight is 569 g/mol. The van der Waals surface area contributed by atoms with E-state index in [2.05, 4.69) is 20.6 Å². The molecule has 2 N–H and O–H groups in total. The van der Waals surface area contributed by atoms with E-state index in [1.165, 1.54) is 11.0 Å². The molecule has 1 amide bonds. The monoisotopic (exact) mass is 569 g/mol. The van der Waals surface area contributed by atoms with Crippen molar-refractivity contribution in [3.05, 3.63) is 51.5 Å². The smallest absolute Gasteiger partial charge is 0.356 e. The normalized spacial score (nSPS) is 12.7. The first-order valence-corrected chi connectivity index (χ1v) is 10.2. The summed E-state index contributed by atoms with van der Waals surface area (Å²) in [6.45, 7) is 4.57. The number of nitrogens with one attached hydrogen (secondary N) is 2. The van der Waals surface area contributed by atoms with Crippen LogP contribution in [0, 0.1) is 6.92 Å². The van der Waals surface area contributed by atoms with Gasteiger partial charge in [0.2, 0.25) is 5.91 Å². The highest BCUT2D eigenvalue weighted by atomic mass is 127. The van der Waals surface area contributed by atoms with Crippen molar-refractivity contribution in [1.29, 1.82) is 0 Å². The number of hydrogen-bond donors (Lipinski definition) is 2. The van der Waals surface area contributed by atoms with Gasteiger partial charge in [0.05, 0.1) is 23.7 Å². The third-order valence-corrected chi connectivity index (χ3v) is 5.36. The first-order valence-electron chi connectivity index (χ1n) is 9.37. The predicted octanol–water partition coefficient (Wildman–Crippen LogP) is 4.02. The van der Waals surface area contributed by atoms with Crippen LogP contribution in [0.5, 0.6) is 0 Å². The van der Waals surface area contributed by atoms with Crippen molar-refractivity contribution in [1.82, 2.24) is 20.5 Å². The molecule has 1 aromatic heterocycles. The van der Waals surface area contributed by atoms with E-state index in [1.807, 2.05) is 20.0 Å². The lowest BCUT2D eigenvalue weighted by molar-refractivity contribution is -0.137. The largest absolute Gasteiger partial charge is 0.416 e. The summed E-state index contributed by atoms with van der Waals surface area (Å²) < 4.78 is 38.8. The predicted molar refractivity (Wildman–Crippen MR) is 128 cm³/mol. The number of likely N-dealkylation sites (N-methyl/N-ethyl adjacent to an activating group) is 1. The van der Waals surface area contributed by atoms with Crippen molar-refractivity contribution >= 4 is 47.2 Å². The lowest BCUT2D eigenvalue weighted by Gasteiger charge is -2.17. The van der Waals surface area contributed by atoms with Gasteiger partial charge in [-0.15, -0.1) is 35.3 Å². The second-order valence-corrected chi connectivity index (χ2v) is 8.36. The van der Waals surface area contributed by atoms with Gasteiger partial charge in [0, 0.05) is 37.6 Å². The number of alkyl halides is 3. The summed E-state index contributed by atoms with van der Waals surface area (Å²) in [6.07, 6.45) is -2.59. The molecular formula is C20H27F3IN5OS. The minimum absolute atomic E-state index is 0. The average Bonchev–Trinajstić information content (AvgIpc) is 3.12. The molecular weight excluding hydrogens is 542 g/mol. The molecule has 0 aliphatic heterocycles. The molecule has 1 unspecified atom stereocenters. The Balaban J connectivity index is 0.00000480. The molecule has 1 aromatic carbocycles. The minimum atomic E-state index is -4.40. The third kappa shape index (κ3) is 9.01. The van der Waals surface area contributed by atoms with Gasteiger partial charge in [0.25, 0.3) is 0 Å². The van der Waals surface area contributed by atoms with Crippen LogP contribution < -0.4 is 10.6 Å². The molecule has 0 aliphatic rings. The van der Waals surface area contributed by atoms with Gasteiger partial charge in [-0.25, -0.2) is 9.98 Å². The van der Waals surface area contributed by atoms with E-state index in [0.29, 0.717) is 18.1 Å². The first-order chi connectivity index (χ1) is 14.1. The number of halogens is 4. The zero-order valence-corrected chi connectivity index (χ0v) is 20.9. The van der Waals surface area contributed by atoms with Gasteiger partial charge < -0.3 is 15.5 Å². The number of aromatic nitrogens is 1. The molecule has 2 aromatic rings. The van der Waals surface area contributed by atoms with Crippen LogP contribution in [0.15, 0.2) is 35.5 Å². The van der Waals surface area contributed by atoms with Gasteiger partial charge in [0.1, 0.15) is 0 Å². The van der Waals surface area contributed by atoms with E-state index in [1.54, 1.807) is 31.5 Å². The number of amides is 1. The van der Waals surface area contributed by atoms with Crippen molar-refractivity contribution in [3.8, 4) is 0 Å². The minimum Gasteiger partial charge on any atom is -0.356 e. The second-order valence-electron chi connectivity index (χ2n) is 7.10. The lowest BCUT2D eigenvalue weighted by atomic mass is 10.1. The molecule has 172 valence electrons. The highest BCUT2D eigenvalue weighted by Gasteiger charge is 2.30. The lowest BCUT2D eigenvalue weighted by Crippen LogP contribution is -2.43. The zero-order chi connectivity index (χ0) is 22.3. The Labute approximate surface area is 201 Å². The fraction of sp³-hybridized carbons (Fsp3) is 0.450. The summed E-state index contributed by atoms with van der Waals surface area (Å²) in [4.78, 5) is 23.2. The molecule has 1 heterocycles. The third-order valence-electron chi connectivity index (χ3n) is 4.22. The molecule has 2 rings (SSSR count). The SMILES string of the molecule is Cc1cnc(C(C)CNC(=NCc2cccc(C(F)(F)F)c2)NCC(=O)N(C)C)s1.I. The highest BCUT2D eigenvalue weighted by molar-refractivity contribution is 14.0. The number of aryl methyl sites for hydroxylation is 1. The molecule has 6 nitrogen and oxygen atoms in total.